The lowest BCUT2D eigenvalue weighted by molar-refractivity contribution is 1.16. The van der Waals surface area contributed by atoms with Crippen LogP contribution in [0.3, 0.4) is 0 Å². The molecular formula is C78H44N10S2. The number of hydrogen-bond acceptors (Lipinski definition) is 10. The Morgan fingerprint density at radius 2 is 0.633 bits per heavy atom. The summed E-state index contributed by atoms with van der Waals surface area (Å²) >= 11 is 3.70. The van der Waals surface area contributed by atoms with Gasteiger partial charge in [-0.1, -0.05) is 133 Å². The number of fused-ring (bicyclic) bond motifs is 14. The molecule has 19 aromatic rings. The van der Waals surface area contributed by atoms with Gasteiger partial charge in [-0.05, 0) is 142 Å². The van der Waals surface area contributed by atoms with Crippen LogP contribution in [0.2, 0.25) is 0 Å². The zero-order valence-corrected chi connectivity index (χ0v) is 49.3. The van der Waals surface area contributed by atoms with Crippen LogP contribution >= 0.6 is 22.7 Å². The third-order valence-electron chi connectivity index (χ3n) is 17.7. The fraction of sp³-hybridized carbons (Fsp3) is 0. The van der Waals surface area contributed by atoms with Crippen LogP contribution in [-0.4, -0.2) is 49.0 Å². The molecule has 0 aliphatic rings. The van der Waals surface area contributed by atoms with Gasteiger partial charge in [-0.2, -0.15) is 0 Å². The SMILES string of the molecule is c1cc(-c2cnc3nccnc3n2)cc(-c2cc(-c3ccc(-n4c5ccccc5c5cc6c(cc54)sc4ccccc46)cc3)c(-c3cccc(-c4cnc5nccnc5n4)c3)cc2-c2ccc(-n3c4ccccc4c4cc5c(cc43)sc3ccccc35)cc2)c1. The molecule has 0 aliphatic heterocycles. The van der Waals surface area contributed by atoms with Crippen LogP contribution in [0.1, 0.15) is 0 Å². The van der Waals surface area contributed by atoms with E-state index in [0.29, 0.717) is 34.0 Å². The number of hydrogen-bond donors (Lipinski definition) is 0. The molecule has 0 atom stereocenters. The van der Waals surface area contributed by atoms with Crippen molar-refractivity contribution in [2.75, 3.05) is 0 Å². The van der Waals surface area contributed by atoms with Crippen LogP contribution < -0.4 is 0 Å². The standard InChI is InChI=1S/C78H44N10S2/c1-5-19-67-53(15-1)61-39-63-55-17-3-7-21-71(55)89-73(63)41-69(61)87(67)51-27-23-45(24-28-51)57-37-60(48-12-10-14-50(36-48)66-44-84-76-78(86-66)82-34-32-80-76)58(38-59(57)47-11-9-13-49(35-47)65-43-83-75-77(85-65)81-33-31-79-75)46-25-29-52(30-26-46)88-68-20-6-2-16-54(68)62-40-64-56-18-4-8-22-72(56)90-74(64)42-70(62)88/h1-44H. The number of benzene rings is 11. The monoisotopic (exact) mass is 1180 g/mol. The minimum Gasteiger partial charge on any atom is -0.309 e. The smallest absolute Gasteiger partial charge is 0.198 e. The normalized spacial score (nSPS) is 12.0. The summed E-state index contributed by atoms with van der Waals surface area (Å²) in [7, 11) is 0. The summed E-state index contributed by atoms with van der Waals surface area (Å²) in [5.41, 5.74) is 20.4. The van der Waals surface area contributed by atoms with Crippen molar-refractivity contribution in [2.45, 2.75) is 0 Å². The molecule has 0 saturated heterocycles. The van der Waals surface area contributed by atoms with Crippen molar-refractivity contribution < 1.29 is 0 Å². The summed E-state index contributed by atoms with van der Waals surface area (Å²) in [4.78, 5) is 37.2. The minimum absolute atomic E-state index is 0.492. The molecular weight excluding hydrogens is 1140 g/mol. The van der Waals surface area contributed by atoms with Crippen LogP contribution in [0.5, 0.6) is 0 Å². The van der Waals surface area contributed by atoms with E-state index >= 15 is 0 Å². The molecule has 0 amide bonds. The second-order valence-corrected chi connectivity index (χ2v) is 24.9. The van der Waals surface area contributed by atoms with E-state index in [1.165, 1.54) is 72.9 Å². The van der Waals surface area contributed by atoms with Crippen molar-refractivity contribution in [3.63, 3.8) is 0 Å². The van der Waals surface area contributed by atoms with Crippen LogP contribution in [0, 0.1) is 0 Å². The van der Waals surface area contributed by atoms with Gasteiger partial charge < -0.3 is 9.13 Å². The van der Waals surface area contributed by atoms with Gasteiger partial charge in [0, 0.05) is 109 Å². The van der Waals surface area contributed by atoms with E-state index in [0.717, 1.165) is 78.0 Å². The van der Waals surface area contributed by atoms with Gasteiger partial charge in [0.05, 0.1) is 45.8 Å². The lowest BCUT2D eigenvalue weighted by Crippen LogP contribution is -1.97. The summed E-state index contributed by atoms with van der Waals surface area (Å²) in [5, 5.41) is 10.1. The van der Waals surface area contributed by atoms with E-state index in [1.54, 1.807) is 37.2 Å². The van der Waals surface area contributed by atoms with E-state index in [2.05, 4.69) is 270 Å². The number of nitrogens with zero attached hydrogens (tertiary/aromatic N) is 10. The van der Waals surface area contributed by atoms with Gasteiger partial charge >= 0.3 is 0 Å². The lowest BCUT2D eigenvalue weighted by Gasteiger charge is -2.20. The summed E-state index contributed by atoms with van der Waals surface area (Å²) < 4.78 is 9.97. The highest BCUT2D eigenvalue weighted by atomic mass is 32.1. The quantitative estimate of drug-likeness (QED) is 0.148. The Hall–Kier alpha value is -11.7. The molecule has 0 radical (unpaired) electrons. The number of para-hydroxylation sites is 2. The molecule has 10 nitrogen and oxygen atoms in total. The van der Waals surface area contributed by atoms with E-state index < -0.39 is 0 Å². The molecule has 11 aromatic carbocycles. The first-order valence-corrected chi connectivity index (χ1v) is 31.4. The zero-order valence-electron chi connectivity index (χ0n) is 47.7. The molecule has 0 spiro atoms. The highest BCUT2D eigenvalue weighted by molar-refractivity contribution is 7.26. The minimum atomic E-state index is 0.492. The number of aromatic nitrogens is 10. The van der Waals surface area contributed by atoms with Gasteiger partial charge in [0.1, 0.15) is 0 Å². The van der Waals surface area contributed by atoms with Crippen molar-refractivity contribution >= 4 is 129 Å². The predicted molar refractivity (Wildman–Crippen MR) is 371 cm³/mol. The first-order chi connectivity index (χ1) is 44.6. The van der Waals surface area contributed by atoms with E-state index in [4.69, 9.17) is 9.97 Å². The highest BCUT2D eigenvalue weighted by Crippen LogP contribution is 2.47. The average Bonchev–Trinajstić information content (AvgIpc) is 1.64. The maximum Gasteiger partial charge on any atom is 0.198 e. The van der Waals surface area contributed by atoms with Gasteiger partial charge in [0.15, 0.2) is 22.6 Å². The summed E-state index contributed by atoms with van der Waals surface area (Å²) in [6.07, 6.45) is 10.2. The van der Waals surface area contributed by atoms with Crippen molar-refractivity contribution in [2.24, 2.45) is 0 Å². The molecule has 90 heavy (non-hydrogen) atoms. The third-order valence-corrected chi connectivity index (χ3v) is 20.0. The number of thiophene rings is 2. The highest BCUT2D eigenvalue weighted by Gasteiger charge is 2.22. The average molecular weight is 1190 g/mol. The maximum absolute atomic E-state index is 4.97. The maximum atomic E-state index is 4.97. The van der Waals surface area contributed by atoms with Gasteiger partial charge in [0.2, 0.25) is 0 Å². The Bertz CT molecular complexity index is 5800. The van der Waals surface area contributed by atoms with Crippen molar-refractivity contribution in [1.29, 1.82) is 0 Å². The largest absolute Gasteiger partial charge is 0.309 e. The Morgan fingerprint density at radius 3 is 1.09 bits per heavy atom. The van der Waals surface area contributed by atoms with Crippen molar-refractivity contribution in [3.05, 3.63) is 268 Å². The molecule has 0 N–H and O–H groups in total. The first-order valence-electron chi connectivity index (χ1n) is 29.7. The fourth-order valence-corrected chi connectivity index (χ4v) is 15.8. The van der Waals surface area contributed by atoms with Gasteiger partial charge in [-0.25, -0.2) is 39.9 Å². The molecule has 8 aromatic heterocycles. The summed E-state index contributed by atoms with van der Waals surface area (Å²) in [5.74, 6) is 0. The molecule has 0 fully saturated rings. The van der Waals surface area contributed by atoms with E-state index in [9.17, 15) is 0 Å². The molecule has 0 unspecified atom stereocenters. The van der Waals surface area contributed by atoms with Gasteiger partial charge in [-0.3, -0.25) is 0 Å². The second kappa shape index (κ2) is 19.9. The third kappa shape index (κ3) is 8.02. The van der Waals surface area contributed by atoms with Gasteiger partial charge in [-0.15, -0.1) is 22.7 Å². The molecule has 0 aliphatic carbocycles. The molecule has 12 heteroatoms. The predicted octanol–water partition coefficient (Wildman–Crippen LogP) is 20.1. The van der Waals surface area contributed by atoms with E-state index in [1.807, 2.05) is 22.7 Å². The van der Waals surface area contributed by atoms with Crippen molar-refractivity contribution in [1.82, 2.24) is 49.0 Å². The number of rotatable bonds is 8. The molecule has 0 bridgehead atoms. The summed E-state index contributed by atoms with van der Waals surface area (Å²) in [6, 6.07) is 84.8. The Labute approximate surface area is 521 Å². The fourth-order valence-electron chi connectivity index (χ4n) is 13.6. The molecule has 19 rings (SSSR count). The summed E-state index contributed by atoms with van der Waals surface area (Å²) in [6.45, 7) is 0. The topological polar surface area (TPSA) is 113 Å². The lowest BCUT2D eigenvalue weighted by atomic mass is 9.85. The van der Waals surface area contributed by atoms with Crippen LogP contribution in [0.25, 0.3) is 185 Å². The Morgan fingerprint density at radius 1 is 0.244 bits per heavy atom. The molecule has 8 heterocycles. The van der Waals surface area contributed by atoms with Crippen LogP contribution in [0.4, 0.5) is 0 Å². The van der Waals surface area contributed by atoms with Crippen LogP contribution in [0.15, 0.2) is 268 Å². The Kier molecular flexibility index (Phi) is 11.2. The zero-order chi connectivity index (χ0) is 59.0. The second-order valence-electron chi connectivity index (χ2n) is 22.7. The van der Waals surface area contributed by atoms with Gasteiger partial charge in [0.25, 0.3) is 0 Å². The van der Waals surface area contributed by atoms with Crippen molar-refractivity contribution in [3.8, 4) is 78.4 Å². The molecule has 0 saturated carbocycles. The molecule has 418 valence electrons. The van der Waals surface area contributed by atoms with E-state index in [-0.39, 0.29) is 0 Å². The Balaban J connectivity index is 0.820. The van der Waals surface area contributed by atoms with Crippen LogP contribution in [-0.2, 0) is 0 Å². The first kappa shape index (κ1) is 50.5.